The van der Waals surface area contributed by atoms with Crippen molar-refractivity contribution in [3.63, 3.8) is 0 Å². The molecule has 1 aliphatic heterocycles. The first-order valence-corrected chi connectivity index (χ1v) is 12.8. The van der Waals surface area contributed by atoms with Crippen LogP contribution in [0.15, 0.2) is 41.1 Å². The van der Waals surface area contributed by atoms with E-state index in [9.17, 15) is 13.2 Å². The lowest BCUT2D eigenvalue weighted by atomic mass is 10.1. The van der Waals surface area contributed by atoms with Gasteiger partial charge >= 0.3 is 0 Å². The van der Waals surface area contributed by atoms with Crippen LogP contribution in [0.25, 0.3) is 11.5 Å². The highest BCUT2D eigenvalue weighted by atomic mass is 32.2. The van der Waals surface area contributed by atoms with Gasteiger partial charge in [-0.05, 0) is 36.3 Å². The lowest BCUT2D eigenvalue weighted by Gasteiger charge is -2.15. The number of nitrogens with zero attached hydrogens (tertiary/aromatic N) is 5. The molecule has 3 aromatic rings. The van der Waals surface area contributed by atoms with Crippen LogP contribution in [0.3, 0.4) is 0 Å². The molecule has 1 aliphatic carbocycles. The zero-order valence-corrected chi connectivity index (χ0v) is 19.2. The molecule has 0 radical (unpaired) electrons. The van der Waals surface area contributed by atoms with E-state index in [1.54, 1.807) is 17.3 Å². The summed E-state index contributed by atoms with van der Waals surface area (Å²) in [6.45, 7) is 0.832. The number of aromatic nitrogens is 4. The van der Waals surface area contributed by atoms with E-state index in [1.807, 2.05) is 0 Å². The minimum atomic E-state index is -3.56. The smallest absolute Gasteiger partial charge is 0.250 e. The third-order valence-corrected chi connectivity index (χ3v) is 7.09. The van der Waals surface area contributed by atoms with Crippen molar-refractivity contribution in [1.29, 1.82) is 0 Å². The molecule has 12 heteroatoms. The molecule has 1 saturated heterocycles. The lowest BCUT2D eigenvalue weighted by Crippen LogP contribution is -2.32. The molecule has 0 bridgehead atoms. The van der Waals surface area contributed by atoms with Crippen LogP contribution < -0.4 is 10.5 Å². The van der Waals surface area contributed by atoms with E-state index in [0.29, 0.717) is 31.0 Å². The average Bonchev–Trinajstić information content (AvgIpc) is 3.52. The summed E-state index contributed by atoms with van der Waals surface area (Å²) in [5.74, 6) is 0.469. The van der Waals surface area contributed by atoms with Gasteiger partial charge in [-0.15, -0.1) is 10.2 Å². The first-order chi connectivity index (χ1) is 16.3. The number of sulfonamides is 1. The van der Waals surface area contributed by atoms with Crippen LogP contribution in [0.1, 0.15) is 23.4 Å². The van der Waals surface area contributed by atoms with Crippen molar-refractivity contribution in [2.75, 3.05) is 24.2 Å². The van der Waals surface area contributed by atoms with Crippen molar-refractivity contribution < 1.29 is 17.6 Å². The van der Waals surface area contributed by atoms with Gasteiger partial charge in [0.1, 0.15) is 6.42 Å². The second-order valence-electron chi connectivity index (χ2n) is 8.82. The zero-order valence-electron chi connectivity index (χ0n) is 18.4. The van der Waals surface area contributed by atoms with E-state index in [2.05, 4.69) is 49.7 Å². The Labute approximate surface area is 196 Å². The predicted molar refractivity (Wildman–Crippen MR) is 123 cm³/mol. The van der Waals surface area contributed by atoms with Crippen molar-refractivity contribution in [2.45, 2.75) is 31.7 Å². The molecule has 1 amide bonds. The zero-order chi connectivity index (χ0) is 23.7. The number of anilines is 1. The van der Waals surface area contributed by atoms with Crippen molar-refractivity contribution in [2.24, 2.45) is 11.1 Å². The van der Waals surface area contributed by atoms with Crippen molar-refractivity contribution in [3.05, 3.63) is 53.7 Å². The number of hydrogen-bond acceptors (Lipinski definition) is 9. The Morgan fingerprint density at radius 3 is 2.53 bits per heavy atom. The van der Waals surface area contributed by atoms with Gasteiger partial charge in [-0.3, -0.25) is 4.79 Å². The van der Waals surface area contributed by atoms with Crippen molar-refractivity contribution in [3.8, 4) is 11.5 Å². The molecular formula is C22H25N7O4S. The Hall–Kier alpha value is -3.38. The first kappa shape index (κ1) is 22.4. The fourth-order valence-corrected chi connectivity index (χ4v) is 5.49. The molecule has 3 heterocycles. The average molecular weight is 484 g/mol. The van der Waals surface area contributed by atoms with E-state index >= 15 is 0 Å². The second-order valence-corrected chi connectivity index (χ2v) is 10.5. The molecule has 0 spiro atoms. The van der Waals surface area contributed by atoms with Crippen LogP contribution >= 0.6 is 0 Å². The Kier molecular flexibility index (Phi) is 6.00. The molecule has 1 atom stereocenters. The minimum absolute atomic E-state index is 0.0577. The summed E-state index contributed by atoms with van der Waals surface area (Å²) in [6.07, 6.45) is 5.62. The summed E-state index contributed by atoms with van der Waals surface area (Å²) in [5, 5.41) is 16.4. The molecule has 11 nitrogen and oxygen atoms in total. The summed E-state index contributed by atoms with van der Waals surface area (Å²) in [4.78, 5) is 22.9. The largest absolute Gasteiger partial charge is 0.420 e. The summed E-state index contributed by atoms with van der Waals surface area (Å²) in [6, 6.07) is 8.64. The maximum Gasteiger partial charge on any atom is 0.250 e. The normalized spacial score (nSPS) is 18.3. The van der Waals surface area contributed by atoms with Crippen LogP contribution in [0.5, 0.6) is 0 Å². The number of carbonyl (C=O) groups excluding carboxylic acids is 1. The lowest BCUT2D eigenvalue weighted by molar-refractivity contribution is -0.129. The van der Waals surface area contributed by atoms with E-state index < -0.39 is 10.0 Å². The molecule has 2 aromatic heterocycles. The number of benzene rings is 1. The monoisotopic (exact) mass is 483 g/mol. The number of hydrogen-bond donors (Lipinski definition) is 2. The molecule has 2 aliphatic rings. The number of primary sulfonamides is 1. The molecule has 5 rings (SSSR count). The Morgan fingerprint density at radius 2 is 1.85 bits per heavy atom. The van der Waals surface area contributed by atoms with Crippen LogP contribution in [-0.4, -0.2) is 64.3 Å². The van der Waals surface area contributed by atoms with E-state index in [4.69, 9.17) is 9.56 Å². The van der Waals surface area contributed by atoms with E-state index in [-0.39, 0.29) is 41.8 Å². The molecule has 1 aromatic carbocycles. The van der Waals surface area contributed by atoms with Gasteiger partial charge in [0.15, 0.2) is 0 Å². The fraction of sp³-hybridized carbons (Fsp3) is 0.409. The third kappa shape index (κ3) is 5.23. The number of fused-ring (bicyclic) bond motifs is 1. The third-order valence-electron chi connectivity index (χ3n) is 6.16. The predicted octanol–water partition coefficient (Wildman–Crippen LogP) is 0.785. The maximum atomic E-state index is 12.5. The Bertz CT molecular complexity index is 1270. The molecular weight excluding hydrogens is 458 g/mol. The topological polar surface area (TPSA) is 157 Å². The first-order valence-electron chi connectivity index (χ1n) is 11.1. The van der Waals surface area contributed by atoms with Gasteiger partial charge in [0.2, 0.25) is 27.8 Å². The van der Waals surface area contributed by atoms with Gasteiger partial charge in [0.25, 0.3) is 5.89 Å². The number of nitrogens with one attached hydrogen (secondary N) is 1. The second kappa shape index (κ2) is 9.11. The van der Waals surface area contributed by atoms with Gasteiger partial charge in [-0.25, -0.2) is 23.5 Å². The number of likely N-dealkylation sites (tertiary alicyclic amines) is 1. The maximum absolute atomic E-state index is 12.5. The van der Waals surface area contributed by atoms with Gasteiger partial charge in [-0.2, -0.15) is 0 Å². The molecule has 0 saturated carbocycles. The van der Waals surface area contributed by atoms with E-state index in [1.165, 1.54) is 11.1 Å². The summed E-state index contributed by atoms with van der Waals surface area (Å²) in [5.41, 5.74) is 3.25. The fourth-order valence-electron chi connectivity index (χ4n) is 4.56. The minimum Gasteiger partial charge on any atom is -0.420 e. The Morgan fingerprint density at radius 1 is 1.15 bits per heavy atom. The van der Waals surface area contributed by atoms with Crippen LogP contribution in [0.2, 0.25) is 0 Å². The van der Waals surface area contributed by atoms with E-state index in [0.717, 1.165) is 12.8 Å². The number of carbonyl (C=O) groups is 1. The van der Waals surface area contributed by atoms with Crippen LogP contribution in [0.4, 0.5) is 5.95 Å². The Balaban J connectivity index is 1.15. The van der Waals surface area contributed by atoms with Crippen molar-refractivity contribution >= 4 is 21.9 Å². The number of amides is 1. The molecule has 34 heavy (non-hydrogen) atoms. The van der Waals surface area contributed by atoms with Gasteiger partial charge in [-0.1, -0.05) is 24.3 Å². The highest BCUT2D eigenvalue weighted by Crippen LogP contribution is 2.24. The molecule has 1 unspecified atom stereocenters. The van der Waals surface area contributed by atoms with Gasteiger partial charge < -0.3 is 14.6 Å². The quantitative estimate of drug-likeness (QED) is 0.495. The summed E-state index contributed by atoms with van der Waals surface area (Å²) in [7, 11) is -3.56. The van der Waals surface area contributed by atoms with Crippen molar-refractivity contribution in [1.82, 2.24) is 25.1 Å². The summed E-state index contributed by atoms with van der Waals surface area (Å²) < 4.78 is 28.2. The number of nitrogens with two attached hydrogens (primary N) is 1. The molecule has 178 valence electrons. The highest BCUT2D eigenvalue weighted by Gasteiger charge is 2.29. The van der Waals surface area contributed by atoms with Crippen LogP contribution in [-0.2, 0) is 34.1 Å². The number of rotatable bonds is 7. The molecule has 3 N–H and O–H groups in total. The van der Waals surface area contributed by atoms with Gasteiger partial charge in [0, 0.05) is 31.5 Å². The van der Waals surface area contributed by atoms with Crippen LogP contribution in [0, 0.1) is 5.92 Å². The SMILES string of the molecule is NS(=O)(=O)CC1CCN(C(=O)Cc2nnc(-c3cnc(NC4Cc5ccccc5C4)nc3)o2)C1. The highest BCUT2D eigenvalue weighted by molar-refractivity contribution is 7.89. The summed E-state index contributed by atoms with van der Waals surface area (Å²) >= 11 is 0. The van der Waals surface area contributed by atoms with Gasteiger partial charge in [0.05, 0.1) is 11.3 Å². The standard InChI is InChI=1S/C22H25N7O4S/c23-34(31,32)13-14-5-6-29(12-14)20(30)9-19-27-28-21(33-19)17-10-24-22(25-11-17)26-18-7-15-3-1-2-4-16(15)8-18/h1-4,10-11,14,18H,5-9,12-13H2,(H2,23,31,32)(H,24,25,26). The molecule has 1 fully saturated rings.